The molecule has 0 aliphatic heterocycles. The zero-order chi connectivity index (χ0) is 16.2. The number of halogens is 1. The first-order valence-corrected chi connectivity index (χ1v) is 8.23. The van der Waals surface area contributed by atoms with Crippen LogP contribution in [0.15, 0.2) is 24.3 Å². The molecule has 0 radical (unpaired) electrons. The van der Waals surface area contributed by atoms with Crippen molar-refractivity contribution in [3.05, 3.63) is 35.4 Å². The Kier molecular flexibility index (Phi) is 9.31. The highest BCUT2D eigenvalue weighted by atomic mass is 35.5. The molecule has 0 amide bonds. The third-order valence-electron chi connectivity index (χ3n) is 3.16. The summed E-state index contributed by atoms with van der Waals surface area (Å²) >= 11 is 5.49. The molecule has 1 aromatic carbocycles. The van der Waals surface area contributed by atoms with E-state index in [0.29, 0.717) is 6.61 Å². The zero-order valence-corrected chi connectivity index (χ0v) is 13.7. The van der Waals surface area contributed by atoms with Crippen LogP contribution in [-0.4, -0.2) is 31.0 Å². The van der Waals surface area contributed by atoms with Crippen LogP contribution in [0.4, 0.5) is 0 Å². The summed E-state index contributed by atoms with van der Waals surface area (Å²) in [5, 5.41) is 0. The van der Waals surface area contributed by atoms with Crippen molar-refractivity contribution >= 4 is 23.5 Å². The Morgan fingerprint density at radius 3 is 2.00 bits per heavy atom. The highest BCUT2D eigenvalue weighted by molar-refractivity contribution is 6.18. The second-order valence-electron chi connectivity index (χ2n) is 4.92. The second kappa shape index (κ2) is 11.1. The molecule has 0 aliphatic rings. The first-order valence-electron chi connectivity index (χ1n) is 7.70. The van der Waals surface area contributed by atoms with Crippen LogP contribution in [0.3, 0.4) is 0 Å². The lowest BCUT2D eigenvalue weighted by atomic mass is 10.1. The van der Waals surface area contributed by atoms with Crippen molar-refractivity contribution in [2.75, 3.05) is 19.1 Å². The number of alkyl halides is 1. The number of ether oxygens (including phenoxy) is 2. The fourth-order valence-electron chi connectivity index (χ4n) is 2.00. The van der Waals surface area contributed by atoms with E-state index in [4.69, 9.17) is 21.1 Å². The molecule has 4 nitrogen and oxygen atoms in total. The molecule has 22 heavy (non-hydrogen) atoms. The highest BCUT2D eigenvalue weighted by Crippen LogP contribution is 2.13. The third-order valence-corrected chi connectivity index (χ3v) is 3.31. The smallest absolute Gasteiger partial charge is 0.339 e. The van der Waals surface area contributed by atoms with Crippen LogP contribution >= 0.6 is 11.6 Å². The molecule has 0 heterocycles. The van der Waals surface area contributed by atoms with Gasteiger partial charge in [0.15, 0.2) is 0 Å². The van der Waals surface area contributed by atoms with E-state index < -0.39 is 11.9 Å². The van der Waals surface area contributed by atoms with Crippen molar-refractivity contribution in [1.29, 1.82) is 0 Å². The van der Waals surface area contributed by atoms with Gasteiger partial charge in [0.05, 0.1) is 23.6 Å². The van der Waals surface area contributed by atoms with Gasteiger partial charge >= 0.3 is 11.9 Å². The minimum Gasteiger partial charge on any atom is -0.462 e. The summed E-state index contributed by atoms with van der Waals surface area (Å²) < 4.78 is 10.2. The summed E-state index contributed by atoms with van der Waals surface area (Å²) in [7, 11) is 0. The minimum absolute atomic E-state index is 0.112. The van der Waals surface area contributed by atoms with Crippen LogP contribution in [0.5, 0.6) is 0 Å². The number of hydrogen-bond acceptors (Lipinski definition) is 4. The molecule has 0 unspecified atom stereocenters. The van der Waals surface area contributed by atoms with Gasteiger partial charge in [-0.15, -0.1) is 11.6 Å². The monoisotopic (exact) mass is 326 g/mol. The fourth-order valence-corrected chi connectivity index (χ4v) is 2.07. The largest absolute Gasteiger partial charge is 0.462 e. The Labute approximate surface area is 136 Å². The predicted octanol–water partition coefficient (Wildman–Crippen LogP) is 4.21. The summed E-state index contributed by atoms with van der Waals surface area (Å²) in [6.07, 6.45) is 5.40. The number of esters is 2. The maximum absolute atomic E-state index is 12.1. The molecule has 0 fully saturated rings. The molecule has 0 spiro atoms. The molecule has 0 bridgehead atoms. The van der Waals surface area contributed by atoms with E-state index in [1.165, 1.54) is 12.8 Å². The molecule has 5 heteroatoms. The van der Waals surface area contributed by atoms with Gasteiger partial charge in [-0.3, -0.25) is 0 Å². The number of hydrogen-bond donors (Lipinski definition) is 0. The molecule has 0 N–H and O–H groups in total. The molecule has 122 valence electrons. The Balaban J connectivity index is 2.52. The predicted molar refractivity (Wildman–Crippen MR) is 86.5 cm³/mol. The summed E-state index contributed by atoms with van der Waals surface area (Å²) in [4.78, 5) is 24.0. The number of carbonyl (C=O) groups excluding carboxylic acids is 2. The molecule has 1 rings (SSSR count). The van der Waals surface area contributed by atoms with E-state index >= 15 is 0 Å². The second-order valence-corrected chi connectivity index (χ2v) is 5.30. The molecular weight excluding hydrogens is 304 g/mol. The summed E-state index contributed by atoms with van der Waals surface area (Å²) in [6.45, 7) is 2.63. The normalized spacial score (nSPS) is 10.3. The Morgan fingerprint density at radius 2 is 1.45 bits per heavy atom. The number of unbranched alkanes of at least 4 members (excludes halogenated alkanes) is 4. The average molecular weight is 327 g/mol. The van der Waals surface area contributed by atoms with E-state index in [1.807, 2.05) is 0 Å². The van der Waals surface area contributed by atoms with Crippen LogP contribution in [0.2, 0.25) is 0 Å². The molecule has 0 saturated carbocycles. The van der Waals surface area contributed by atoms with Crippen LogP contribution in [-0.2, 0) is 9.47 Å². The molecule has 0 atom stereocenters. The van der Waals surface area contributed by atoms with Gasteiger partial charge in [0.25, 0.3) is 0 Å². The number of rotatable bonds is 10. The van der Waals surface area contributed by atoms with E-state index in [1.54, 1.807) is 24.3 Å². The van der Waals surface area contributed by atoms with Crippen molar-refractivity contribution in [2.45, 2.75) is 39.0 Å². The van der Waals surface area contributed by atoms with Crippen molar-refractivity contribution in [2.24, 2.45) is 0 Å². The number of benzene rings is 1. The van der Waals surface area contributed by atoms with Crippen molar-refractivity contribution in [3.8, 4) is 0 Å². The van der Waals surface area contributed by atoms with Gasteiger partial charge in [0.1, 0.15) is 6.61 Å². The van der Waals surface area contributed by atoms with Crippen LogP contribution < -0.4 is 0 Å². The first-order chi connectivity index (χ1) is 10.7. The quantitative estimate of drug-likeness (QED) is 0.367. The Hall–Kier alpha value is -1.55. The molecular formula is C17H23ClO4. The standard InChI is InChI=1S/C17H23ClO4/c1-2-3-4-5-8-12-21-16(19)14-9-6-7-10-15(14)17(20)22-13-11-18/h6-7,9-10H,2-5,8,11-13H2,1H3. The lowest BCUT2D eigenvalue weighted by Crippen LogP contribution is -2.15. The minimum atomic E-state index is -0.559. The van der Waals surface area contributed by atoms with E-state index in [2.05, 4.69) is 6.92 Å². The van der Waals surface area contributed by atoms with Gasteiger partial charge < -0.3 is 9.47 Å². The fraction of sp³-hybridized carbons (Fsp3) is 0.529. The first kappa shape index (κ1) is 18.5. The van der Waals surface area contributed by atoms with Crippen molar-refractivity contribution in [3.63, 3.8) is 0 Å². The summed E-state index contributed by atoms with van der Waals surface area (Å²) in [5.41, 5.74) is 0.444. The van der Waals surface area contributed by atoms with Gasteiger partial charge in [-0.2, -0.15) is 0 Å². The van der Waals surface area contributed by atoms with Crippen LogP contribution in [0.25, 0.3) is 0 Å². The zero-order valence-electron chi connectivity index (χ0n) is 13.0. The number of carbonyl (C=O) groups is 2. The van der Waals surface area contributed by atoms with Crippen LogP contribution in [0, 0.1) is 0 Å². The third kappa shape index (κ3) is 6.48. The Bertz CT molecular complexity index is 473. The van der Waals surface area contributed by atoms with Gasteiger partial charge in [-0.05, 0) is 18.6 Å². The van der Waals surface area contributed by atoms with E-state index in [0.717, 1.165) is 19.3 Å². The summed E-state index contributed by atoms with van der Waals surface area (Å²) in [6, 6.07) is 6.49. The highest BCUT2D eigenvalue weighted by Gasteiger charge is 2.18. The molecule has 1 aromatic rings. The lowest BCUT2D eigenvalue weighted by molar-refractivity contribution is 0.0463. The van der Waals surface area contributed by atoms with Gasteiger partial charge in [-0.1, -0.05) is 44.7 Å². The maximum atomic E-state index is 12.1. The van der Waals surface area contributed by atoms with Gasteiger partial charge in [0.2, 0.25) is 0 Å². The van der Waals surface area contributed by atoms with Gasteiger partial charge in [-0.25, -0.2) is 9.59 Å². The molecule has 0 saturated heterocycles. The Morgan fingerprint density at radius 1 is 0.909 bits per heavy atom. The topological polar surface area (TPSA) is 52.6 Å². The molecule has 0 aliphatic carbocycles. The van der Waals surface area contributed by atoms with Crippen molar-refractivity contribution < 1.29 is 19.1 Å². The van der Waals surface area contributed by atoms with E-state index in [-0.39, 0.29) is 23.6 Å². The SMILES string of the molecule is CCCCCCCOC(=O)c1ccccc1C(=O)OCCCl. The maximum Gasteiger partial charge on any atom is 0.339 e. The average Bonchev–Trinajstić information content (AvgIpc) is 2.55. The van der Waals surface area contributed by atoms with Gasteiger partial charge in [0, 0.05) is 0 Å². The van der Waals surface area contributed by atoms with E-state index in [9.17, 15) is 9.59 Å². The summed E-state index contributed by atoms with van der Waals surface area (Å²) in [5.74, 6) is -0.833. The molecule has 0 aromatic heterocycles. The van der Waals surface area contributed by atoms with Crippen LogP contribution in [0.1, 0.15) is 59.7 Å². The van der Waals surface area contributed by atoms with Crippen molar-refractivity contribution in [1.82, 2.24) is 0 Å². The lowest BCUT2D eigenvalue weighted by Gasteiger charge is -2.09.